The van der Waals surface area contributed by atoms with Gasteiger partial charge in [0.05, 0.1) is 33.6 Å². The molecule has 2 heterocycles. The number of fused-ring (bicyclic) bond motifs is 1. The lowest BCUT2D eigenvalue weighted by molar-refractivity contribution is 0.0983. The zero-order valence-corrected chi connectivity index (χ0v) is 21.1. The minimum Gasteiger partial charge on any atom is -0.467 e. The molecule has 0 N–H and O–H groups in total. The van der Waals surface area contributed by atoms with Crippen LogP contribution in [-0.4, -0.2) is 25.9 Å². The maximum absolute atomic E-state index is 13.6. The van der Waals surface area contributed by atoms with E-state index in [2.05, 4.69) is 4.98 Å². The summed E-state index contributed by atoms with van der Waals surface area (Å²) in [5.74, 6) is 0.313. The molecule has 5 rings (SSSR count). The van der Waals surface area contributed by atoms with Crippen molar-refractivity contribution < 1.29 is 17.6 Å². The van der Waals surface area contributed by atoms with Gasteiger partial charge in [0, 0.05) is 12.1 Å². The maximum Gasteiger partial charge on any atom is 0.264 e. The number of hydrogen-bond donors (Lipinski definition) is 0. The summed E-state index contributed by atoms with van der Waals surface area (Å²) in [5, 5.41) is 0.538. The number of sulfonamides is 1. The summed E-state index contributed by atoms with van der Waals surface area (Å²) in [7, 11) is -3.79. The first-order valence-electron chi connectivity index (χ1n) is 11.3. The quantitative estimate of drug-likeness (QED) is 0.254. The minimum atomic E-state index is -3.79. The second-order valence-corrected chi connectivity index (χ2v) is 10.8. The summed E-state index contributed by atoms with van der Waals surface area (Å²) >= 11 is 1.41. The number of amides is 1. The standard InChI is InChI=1S/C27H23N3O4S2/c1-2-30(21-9-4-3-5-10-21)36(32,33)23-16-14-20(15-17-23)26(31)29(19-22-11-8-18-34-22)27-28-24-12-6-7-13-25(24)35-27/h3-18H,2,19H2,1H3. The predicted molar refractivity (Wildman–Crippen MR) is 142 cm³/mol. The van der Waals surface area contributed by atoms with E-state index in [0.717, 1.165) is 10.2 Å². The number of anilines is 2. The van der Waals surface area contributed by atoms with Crippen molar-refractivity contribution in [3.63, 3.8) is 0 Å². The second-order valence-electron chi connectivity index (χ2n) is 7.96. The zero-order valence-electron chi connectivity index (χ0n) is 19.4. The third-order valence-electron chi connectivity index (χ3n) is 5.67. The fourth-order valence-electron chi connectivity index (χ4n) is 3.90. The largest absolute Gasteiger partial charge is 0.467 e. The third-order valence-corrected chi connectivity index (χ3v) is 8.65. The Bertz CT molecular complexity index is 1550. The van der Waals surface area contributed by atoms with E-state index in [1.54, 1.807) is 54.5 Å². The molecule has 0 saturated carbocycles. The Morgan fingerprint density at radius 2 is 1.64 bits per heavy atom. The summed E-state index contributed by atoms with van der Waals surface area (Å²) < 4.78 is 34.4. The summed E-state index contributed by atoms with van der Waals surface area (Å²) in [4.78, 5) is 19.9. The number of furan rings is 1. The van der Waals surface area contributed by atoms with E-state index < -0.39 is 10.0 Å². The lowest BCUT2D eigenvalue weighted by Crippen LogP contribution is -2.31. The van der Waals surface area contributed by atoms with E-state index in [-0.39, 0.29) is 23.9 Å². The number of nitrogens with zero attached hydrogens (tertiary/aromatic N) is 3. The molecule has 0 atom stereocenters. The van der Waals surface area contributed by atoms with Crippen LogP contribution in [0.15, 0.2) is 107 Å². The van der Waals surface area contributed by atoms with Crippen molar-refractivity contribution in [3.05, 3.63) is 109 Å². The number of para-hydroxylation sites is 2. The lowest BCUT2D eigenvalue weighted by Gasteiger charge is -2.23. The van der Waals surface area contributed by atoms with Crippen molar-refractivity contribution in [2.24, 2.45) is 0 Å². The van der Waals surface area contributed by atoms with Gasteiger partial charge in [-0.25, -0.2) is 13.4 Å². The van der Waals surface area contributed by atoms with Gasteiger partial charge in [-0.3, -0.25) is 14.0 Å². The number of carbonyl (C=O) groups excluding carboxylic acids is 1. The molecule has 0 bridgehead atoms. The first kappa shape index (κ1) is 23.8. The lowest BCUT2D eigenvalue weighted by atomic mass is 10.2. The Kier molecular flexibility index (Phi) is 6.58. The normalized spacial score (nSPS) is 11.5. The van der Waals surface area contributed by atoms with E-state index in [9.17, 15) is 13.2 Å². The molecule has 0 aliphatic heterocycles. The van der Waals surface area contributed by atoms with Crippen LogP contribution in [0, 0.1) is 0 Å². The monoisotopic (exact) mass is 517 g/mol. The van der Waals surface area contributed by atoms with Crippen LogP contribution in [0.25, 0.3) is 10.2 Å². The fourth-order valence-corrected chi connectivity index (χ4v) is 6.34. The number of benzene rings is 3. The van der Waals surface area contributed by atoms with Gasteiger partial charge in [0.2, 0.25) is 0 Å². The topological polar surface area (TPSA) is 83.7 Å². The van der Waals surface area contributed by atoms with Crippen LogP contribution in [-0.2, 0) is 16.6 Å². The van der Waals surface area contributed by atoms with Gasteiger partial charge in [-0.05, 0) is 67.6 Å². The van der Waals surface area contributed by atoms with Gasteiger partial charge in [0.15, 0.2) is 5.13 Å². The summed E-state index contributed by atoms with van der Waals surface area (Å²) in [5.41, 5.74) is 1.74. The Hall–Kier alpha value is -3.95. The molecule has 0 spiro atoms. The predicted octanol–water partition coefficient (Wildman–Crippen LogP) is 5.95. The molecule has 2 aromatic heterocycles. The number of hydrogen-bond acceptors (Lipinski definition) is 6. The highest BCUT2D eigenvalue weighted by Gasteiger charge is 2.26. The van der Waals surface area contributed by atoms with Gasteiger partial charge in [0.25, 0.3) is 15.9 Å². The van der Waals surface area contributed by atoms with Crippen LogP contribution in [0.3, 0.4) is 0 Å². The van der Waals surface area contributed by atoms with Crippen LogP contribution < -0.4 is 9.21 Å². The third kappa shape index (κ3) is 4.62. The highest BCUT2D eigenvalue weighted by atomic mass is 32.2. The Balaban J connectivity index is 1.46. The van der Waals surface area contributed by atoms with Crippen molar-refractivity contribution in [1.29, 1.82) is 0 Å². The van der Waals surface area contributed by atoms with Gasteiger partial charge in [-0.1, -0.05) is 41.7 Å². The van der Waals surface area contributed by atoms with Crippen molar-refractivity contribution in [3.8, 4) is 0 Å². The van der Waals surface area contributed by atoms with Crippen molar-refractivity contribution in [1.82, 2.24) is 4.98 Å². The first-order valence-corrected chi connectivity index (χ1v) is 13.6. The van der Waals surface area contributed by atoms with Gasteiger partial charge < -0.3 is 4.42 Å². The molecule has 3 aromatic carbocycles. The number of aromatic nitrogens is 1. The molecule has 0 aliphatic rings. The summed E-state index contributed by atoms with van der Waals surface area (Å²) in [6.45, 7) is 2.26. The zero-order chi connectivity index (χ0) is 25.1. The van der Waals surface area contributed by atoms with Gasteiger partial charge in [-0.2, -0.15) is 0 Å². The summed E-state index contributed by atoms with van der Waals surface area (Å²) in [6, 6.07) is 26.2. The Labute approximate surface area is 213 Å². The molecule has 1 amide bonds. The first-order chi connectivity index (χ1) is 17.5. The molecular formula is C27H23N3O4S2. The van der Waals surface area contributed by atoms with Crippen molar-refractivity contribution in [2.75, 3.05) is 15.7 Å². The van der Waals surface area contributed by atoms with E-state index in [1.807, 2.05) is 30.3 Å². The Morgan fingerprint density at radius 3 is 2.31 bits per heavy atom. The molecule has 0 radical (unpaired) electrons. The van der Waals surface area contributed by atoms with Gasteiger partial charge >= 0.3 is 0 Å². The van der Waals surface area contributed by atoms with Crippen LogP contribution in [0.1, 0.15) is 23.0 Å². The summed E-state index contributed by atoms with van der Waals surface area (Å²) in [6.07, 6.45) is 1.56. The molecule has 0 fully saturated rings. The molecule has 5 aromatic rings. The molecule has 0 saturated heterocycles. The average Bonchev–Trinajstić information content (AvgIpc) is 3.57. The van der Waals surface area contributed by atoms with Crippen LogP contribution in [0.4, 0.5) is 10.8 Å². The molecule has 9 heteroatoms. The molecule has 182 valence electrons. The van der Waals surface area contributed by atoms with Crippen LogP contribution >= 0.6 is 11.3 Å². The van der Waals surface area contributed by atoms with Gasteiger partial charge in [0.1, 0.15) is 5.76 Å². The smallest absolute Gasteiger partial charge is 0.264 e. The van der Waals surface area contributed by atoms with E-state index >= 15 is 0 Å². The average molecular weight is 518 g/mol. The van der Waals surface area contributed by atoms with Crippen LogP contribution in [0.2, 0.25) is 0 Å². The van der Waals surface area contributed by atoms with E-state index in [1.165, 1.54) is 39.9 Å². The molecule has 7 nitrogen and oxygen atoms in total. The molecule has 0 aliphatic carbocycles. The maximum atomic E-state index is 13.6. The number of thiazole rings is 1. The van der Waals surface area contributed by atoms with Gasteiger partial charge in [-0.15, -0.1) is 0 Å². The van der Waals surface area contributed by atoms with E-state index in [0.29, 0.717) is 22.1 Å². The highest BCUT2D eigenvalue weighted by Crippen LogP contribution is 2.31. The number of rotatable bonds is 8. The second kappa shape index (κ2) is 9.96. The minimum absolute atomic E-state index is 0.113. The van der Waals surface area contributed by atoms with Crippen molar-refractivity contribution >= 4 is 48.3 Å². The molecule has 0 unspecified atom stereocenters. The van der Waals surface area contributed by atoms with E-state index in [4.69, 9.17) is 4.42 Å². The fraction of sp³-hybridized carbons (Fsp3) is 0.111. The molecular weight excluding hydrogens is 494 g/mol. The number of carbonyl (C=O) groups is 1. The Morgan fingerprint density at radius 1 is 0.917 bits per heavy atom. The van der Waals surface area contributed by atoms with Crippen LogP contribution in [0.5, 0.6) is 0 Å². The SMILES string of the molecule is CCN(c1ccccc1)S(=O)(=O)c1ccc(C(=O)N(Cc2ccco2)c2nc3ccccc3s2)cc1. The highest BCUT2D eigenvalue weighted by molar-refractivity contribution is 7.92. The van der Waals surface area contributed by atoms with Crippen molar-refractivity contribution in [2.45, 2.75) is 18.4 Å². The molecule has 36 heavy (non-hydrogen) atoms.